The molecule has 3 N–H and O–H groups in total. The molecular weight excluding hydrogens is 430 g/mol. The van der Waals surface area contributed by atoms with E-state index in [9.17, 15) is 14.4 Å². The number of anilines is 1. The van der Waals surface area contributed by atoms with E-state index in [0.29, 0.717) is 5.75 Å². The minimum absolute atomic E-state index is 0.0884. The molecule has 0 bridgehead atoms. The Morgan fingerprint density at radius 3 is 2.90 bits per heavy atom. The predicted octanol–water partition coefficient (Wildman–Crippen LogP) is 0.869. The number of oxime groups is 1. The van der Waals surface area contributed by atoms with E-state index in [4.69, 9.17) is 15.3 Å². The first kappa shape index (κ1) is 21.8. The van der Waals surface area contributed by atoms with Crippen LogP contribution in [0.2, 0.25) is 0 Å². The molecule has 2 atom stereocenters. The molecule has 2 amide bonds. The van der Waals surface area contributed by atoms with E-state index in [1.165, 1.54) is 23.8 Å². The molecule has 1 aromatic heterocycles. The molecule has 0 aliphatic carbocycles. The number of nitrogen functional groups attached to an aromatic ring is 1. The van der Waals surface area contributed by atoms with E-state index >= 15 is 0 Å². The van der Waals surface area contributed by atoms with Gasteiger partial charge in [-0.2, -0.15) is 0 Å². The number of thioether (sulfide) groups is 1. The average molecular weight is 452 g/mol. The number of rotatable bonds is 7. The second-order valence-corrected chi connectivity index (χ2v) is 8.42. The van der Waals surface area contributed by atoms with Gasteiger partial charge in [-0.15, -0.1) is 23.1 Å². The molecule has 0 aromatic carbocycles. The number of β-lactam (4-membered cyclic amide) rings is 1. The zero-order valence-corrected chi connectivity index (χ0v) is 18.2. The number of hydrogen-bond acceptors (Lipinski definition) is 10. The number of aromatic nitrogens is 1. The highest BCUT2D eigenvalue weighted by atomic mass is 32.2. The molecule has 30 heavy (non-hydrogen) atoms. The Hall–Kier alpha value is -2.86. The van der Waals surface area contributed by atoms with Crippen LogP contribution in [0.4, 0.5) is 5.13 Å². The first-order valence-corrected chi connectivity index (χ1v) is 10.9. The summed E-state index contributed by atoms with van der Waals surface area (Å²) in [6, 6.07) is -0.811. The van der Waals surface area contributed by atoms with E-state index in [-0.39, 0.29) is 28.8 Å². The lowest BCUT2D eigenvalue weighted by atomic mass is 10.0. The van der Waals surface area contributed by atoms with Crippen LogP contribution in [0.1, 0.15) is 19.5 Å². The fourth-order valence-electron chi connectivity index (χ4n) is 2.77. The summed E-state index contributed by atoms with van der Waals surface area (Å²) in [6.45, 7) is 3.85. The second kappa shape index (κ2) is 9.30. The van der Waals surface area contributed by atoms with Gasteiger partial charge in [0.05, 0.1) is 0 Å². The Balaban J connectivity index is 1.68. The maximum atomic E-state index is 12.7. The van der Waals surface area contributed by atoms with Crippen molar-refractivity contribution in [3.8, 4) is 0 Å². The largest absolute Gasteiger partial charge is 0.457 e. The van der Waals surface area contributed by atoms with Crippen molar-refractivity contribution in [2.75, 3.05) is 25.2 Å². The standard InChI is InChI=1S/C18H21N5O5S2/c1-4-9(2)7-28-17(26)11-5-6-29-16-13(15(25)23(11)16)21-14(24)12(22-27-3)10-8-30-18(19)20-10/h4-5,8,13,16H,6-7H2,1-3H3,(H2,19,20)(H,21,24)/b9-4+,22-12-/t13?,16-/m1/s1. The summed E-state index contributed by atoms with van der Waals surface area (Å²) >= 11 is 2.59. The Bertz CT molecular complexity index is 955. The van der Waals surface area contributed by atoms with Crippen molar-refractivity contribution in [3.63, 3.8) is 0 Å². The molecule has 1 saturated heterocycles. The van der Waals surface area contributed by atoms with Crippen molar-refractivity contribution in [3.05, 3.63) is 34.5 Å². The number of esters is 1. The van der Waals surface area contributed by atoms with Crippen LogP contribution in [0.3, 0.4) is 0 Å². The number of amides is 2. The number of ether oxygens (including phenoxy) is 1. The molecular formula is C18H21N5O5S2. The lowest BCUT2D eigenvalue weighted by molar-refractivity contribution is -0.152. The number of nitrogens with zero attached hydrogens (tertiary/aromatic N) is 3. The summed E-state index contributed by atoms with van der Waals surface area (Å²) in [5.41, 5.74) is 6.87. The van der Waals surface area contributed by atoms with Crippen molar-refractivity contribution in [1.29, 1.82) is 0 Å². The van der Waals surface area contributed by atoms with Gasteiger partial charge in [0.15, 0.2) is 10.8 Å². The van der Waals surface area contributed by atoms with E-state index < -0.39 is 29.2 Å². The van der Waals surface area contributed by atoms with Crippen LogP contribution in [0, 0.1) is 0 Å². The van der Waals surface area contributed by atoms with Gasteiger partial charge in [0, 0.05) is 11.1 Å². The van der Waals surface area contributed by atoms with Crippen molar-refractivity contribution in [2.45, 2.75) is 25.3 Å². The smallest absolute Gasteiger partial charge is 0.355 e. The average Bonchev–Trinajstić information content (AvgIpc) is 3.18. The summed E-state index contributed by atoms with van der Waals surface area (Å²) < 4.78 is 5.26. The van der Waals surface area contributed by atoms with Crippen LogP contribution in [-0.4, -0.2) is 64.3 Å². The van der Waals surface area contributed by atoms with E-state index in [2.05, 4.69) is 15.5 Å². The molecule has 0 spiro atoms. The molecule has 0 radical (unpaired) electrons. The predicted molar refractivity (Wildman–Crippen MR) is 114 cm³/mol. The van der Waals surface area contributed by atoms with Crippen LogP contribution in [0.15, 0.2) is 34.0 Å². The monoisotopic (exact) mass is 451 g/mol. The maximum absolute atomic E-state index is 12.7. The fourth-order valence-corrected chi connectivity index (χ4v) is 4.51. The van der Waals surface area contributed by atoms with Crippen LogP contribution in [0.5, 0.6) is 0 Å². The number of allylic oxidation sites excluding steroid dienone is 1. The van der Waals surface area contributed by atoms with Crippen molar-refractivity contribution < 1.29 is 24.0 Å². The minimum Gasteiger partial charge on any atom is -0.457 e. The number of hydrogen-bond donors (Lipinski definition) is 2. The summed E-state index contributed by atoms with van der Waals surface area (Å²) in [5, 5.41) is 7.79. The topological polar surface area (TPSA) is 136 Å². The van der Waals surface area contributed by atoms with Crippen LogP contribution in [0.25, 0.3) is 0 Å². The fraction of sp³-hybridized carbons (Fsp3) is 0.389. The van der Waals surface area contributed by atoms with Crippen molar-refractivity contribution >= 4 is 51.7 Å². The molecule has 2 aliphatic heterocycles. The van der Waals surface area contributed by atoms with Crippen molar-refractivity contribution in [1.82, 2.24) is 15.2 Å². The van der Waals surface area contributed by atoms with E-state index in [0.717, 1.165) is 16.9 Å². The third-order valence-electron chi connectivity index (χ3n) is 4.43. The number of nitrogens with one attached hydrogen (secondary N) is 1. The normalized spacial score (nSPS) is 21.4. The van der Waals surface area contributed by atoms with Crippen LogP contribution in [-0.2, 0) is 24.0 Å². The van der Waals surface area contributed by atoms with Crippen molar-refractivity contribution in [2.24, 2.45) is 5.16 Å². The summed E-state index contributed by atoms with van der Waals surface area (Å²) in [6.07, 6.45) is 3.50. The first-order chi connectivity index (χ1) is 14.4. The summed E-state index contributed by atoms with van der Waals surface area (Å²) in [4.78, 5) is 47.9. The Morgan fingerprint density at radius 2 is 2.27 bits per heavy atom. The lowest BCUT2D eigenvalue weighted by Gasteiger charge is -2.48. The van der Waals surface area contributed by atoms with Gasteiger partial charge in [-0.25, -0.2) is 9.78 Å². The highest BCUT2D eigenvalue weighted by Crippen LogP contribution is 2.37. The first-order valence-electron chi connectivity index (χ1n) is 8.94. The molecule has 3 rings (SSSR count). The summed E-state index contributed by atoms with van der Waals surface area (Å²) in [5.74, 6) is -1.08. The van der Waals surface area contributed by atoms with Gasteiger partial charge < -0.3 is 20.6 Å². The highest BCUT2D eigenvalue weighted by Gasteiger charge is 2.53. The zero-order chi connectivity index (χ0) is 21.8. The van der Waals surface area contributed by atoms with Gasteiger partial charge >= 0.3 is 5.97 Å². The molecule has 3 heterocycles. The third-order valence-corrected chi connectivity index (χ3v) is 6.29. The second-order valence-electron chi connectivity index (χ2n) is 6.38. The molecule has 0 saturated carbocycles. The van der Waals surface area contributed by atoms with Gasteiger partial charge in [0.25, 0.3) is 11.8 Å². The minimum atomic E-state index is -0.811. The number of fused-ring (bicyclic) bond motifs is 1. The molecule has 12 heteroatoms. The molecule has 2 aliphatic rings. The van der Waals surface area contributed by atoms with Gasteiger partial charge in [-0.1, -0.05) is 11.2 Å². The van der Waals surface area contributed by atoms with E-state index in [1.807, 2.05) is 19.9 Å². The Morgan fingerprint density at radius 1 is 1.50 bits per heavy atom. The number of nitrogens with two attached hydrogens (primary N) is 1. The molecule has 160 valence electrons. The SMILES string of the molecule is C/C=C(\C)COC(=O)C1=CCS[C@@H]2C(NC(=O)/C(=N\OC)c3csc(N)n3)C(=O)N12. The number of carbonyl (C=O) groups excluding carboxylic acids is 3. The van der Waals surface area contributed by atoms with E-state index in [1.54, 1.807) is 11.5 Å². The van der Waals surface area contributed by atoms with Crippen LogP contribution >= 0.6 is 23.1 Å². The quantitative estimate of drug-likeness (QED) is 0.205. The van der Waals surface area contributed by atoms with Gasteiger partial charge in [-0.05, 0) is 25.5 Å². The number of thiazole rings is 1. The molecule has 1 unspecified atom stereocenters. The zero-order valence-electron chi connectivity index (χ0n) is 16.6. The van der Waals surface area contributed by atoms with Gasteiger partial charge in [0.2, 0.25) is 0 Å². The number of carbonyl (C=O) groups is 3. The van der Waals surface area contributed by atoms with Crippen LogP contribution < -0.4 is 11.1 Å². The lowest BCUT2D eigenvalue weighted by Crippen LogP contribution is -2.70. The van der Waals surface area contributed by atoms with Gasteiger partial charge in [-0.3, -0.25) is 14.5 Å². The Labute approximate surface area is 181 Å². The third kappa shape index (κ3) is 4.33. The summed E-state index contributed by atoms with van der Waals surface area (Å²) in [7, 11) is 1.30. The molecule has 10 nitrogen and oxygen atoms in total. The maximum Gasteiger partial charge on any atom is 0.355 e. The Kier molecular flexibility index (Phi) is 6.77. The highest BCUT2D eigenvalue weighted by molar-refractivity contribution is 8.00. The molecule has 1 aromatic rings. The molecule has 1 fully saturated rings. The van der Waals surface area contributed by atoms with Gasteiger partial charge in [0.1, 0.15) is 36.5 Å².